The Morgan fingerprint density at radius 3 is 2.57 bits per heavy atom. The molecule has 1 saturated carbocycles. The predicted molar refractivity (Wildman–Crippen MR) is 81.0 cm³/mol. The van der Waals surface area contributed by atoms with Crippen LogP contribution < -0.4 is 11.1 Å². The molecule has 3 rings (SSSR count). The first-order chi connectivity index (χ1) is 10.1. The van der Waals surface area contributed by atoms with E-state index < -0.39 is 5.54 Å². The molecule has 0 aromatic heterocycles. The summed E-state index contributed by atoms with van der Waals surface area (Å²) in [4.78, 5) is 16.9. The standard InChI is InChI=1S/C15H28N4O2/c1-17-15(14(16)20)4-2-12(10-15)19-5-3-13(11-19)18-6-8-21-9-7-18/h12-13,17H,2-11H2,1H3,(H2,16,20). The largest absolute Gasteiger partial charge is 0.379 e. The number of primary amides is 1. The molecular weight excluding hydrogens is 268 g/mol. The number of morpholine rings is 1. The van der Waals surface area contributed by atoms with Crippen LogP contribution in [0.25, 0.3) is 0 Å². The number of carbonyl (C=O) groups is 1. The Hall–Kier alpha value is -0.690. The van der Waals surface area contributed by atoms with E-state index >= 15 is 0 Å². The first kappa shape index (κ1) is 15.2. The molecule has 1 amide bonds. The van der Waals surface area contributed by atoms with Crippen LogP contribution in [0.5, 0.6) is 0 Å². The number of ether oxygens (including phenoxy) is 1. The highest BCUT2D eigenvalue weighted by atomic mass is 16.5. The second-order valence-corrected chi connectivity index (χ2v) is 6.68. The van der Waals surface area contributed by atoms with Crippen molar-refractivity contribution in [1.82, 2.24) is 15.1 Å². The van der Waals surface area contributed by atoms with Crippen molar-refractivity contribution in [3.8, 4) is 0 Å². The van der Waals surface area contributed by atoms with Crippen LogP contribution in [0.4, 0.5) is 0 Å². The van der Waals surface area contributed by atoms with Gasteiger partial charge in [0, 0.05) is 38.3 Å². The number of nitrogens with one attached hydrogen (secondary N) is 1. The van der Waals surface area contributed by atoms with Gasteiger partial charge in [-0.3, -0.25) is 14.6 Å². The third kappa shape index (κ3) is 2.95. The van der Waals surface area contributed by atoms with Crippen molar-refractivity contribution < 1.29 is 9.53 Å². The van der Waals surface area contributed by atoms with E-state index in [0.717, 1.165) is 58.7 Å². The summed E-state index contributed by atoms with van der Waals surface area (Å²) in [6.07, 6.45) is 4.02. The molecule has 0 aromatic carbocycles. The number of amides is 1. The van der Waals surface area contributed by atoms with Gasteiger partial charge in [-0.25, -0.2) is 0 Å². The first-order valence-corrected chi connectivity index (χ1v) is 8.19. The normalized spacial score (nSPS) is 38.9. The maximum absolute atomic E-state index is 11.7. The number of carbonyl (C=O) groups excluding carboxylic acids is 1. The summed E-state index contributed by atoms with van der Waals surface area (Å²) < 4.78 is 5.44. The third-order valence-corrected chi connectivity index (χ3v) is 5.71. The predicted octanol–water partition coefficient (Wildman–Crippen LogP) is -0.611. The number of nitrogens with zero attached hydrogens (tertiary/aromatic N) is 2. The van der Waals surface area contributed by atoms with Crippen LogP contribution in [-0.4, -0.2) is 79.8 Å². The number of nitrogens with two attached hydrogens (primary N) is 1. The quantitative estimate of drug-likeness (QED) is 0.724. The van der Waals surface area contributed by atoms with E-state index in [1.54, 1.807) is 0 Å². The van der Waals surface area contributed by atoms with Gasteiger partial charge in [0.05, 0.1) is 18.8 Å². The molecule has 1 aliphatic carbocycles. The molecule has 120 valence electrons. The second-order valence-electron chi connectivity index (χ2n) is 6.68. The van der Waals surface area contributed by atoms with Crippen LogP contribution in [-0.2, 0) is 9.53 Å². The highest BCUT2D eigenvalue weighted by Gasteiger charge is 2.46. The van der Waals surface area contributed by atoms with Crippen molar-refractivity contribution in [1.29, 1.82) is 0 Å². The average molecular weight is 296 g/mol. The van der Waals surface area contributed by atoms with Crippen molar-refractivity contribution in [2.24, 2.45) is 5.73 Å². The minimum absolute atomic E-state index is 0.198. The van der Waals surface area contributed by atoms with Gasteiger partial charge in [0.15, 0.2) is 0 Å². The summed E-state index contributed by atoms with van der Waals surface area (Å²) in [5.41, 5.74) is 5.12. The highest BCUT2D eigenvalue weighted by Crippen LogP contribution is 2.35. The number of hydrogen-bond donors (Lipinski definition) is 2. The highest BCUT2D eigenvalue weighted by molar-refractivity contribution is 5.85. The van der Waals surface area contributed by atoms with E-state index in [2.05, 4.69) is 15.1 Å². The third-order valence-electron chi connectivity index (χ3n) is 5.71. The molecule has 6 nitrogen and oxygen atoms in total. The lowest BCUT2D eigenvalue weighted by Gasteiger charge is -2.33. The van der Waals surface area contributed by atoms with Crippen molar-refractivity contribution in [2.45, 2.75) is 43.3 Å². The molecule has 2 saturated heterocycles. The number of likely N-dealkylation sites (N-methyl/N-ethyl adjacent to an activating group) is 1. The fraction of sp³-hybridized carbons (Fsp3) is 0.933. The zero-order chi connectivity index (χ0) is 14.9. The van der Waals surface area contributed by atoms with Gasteiger partial charge in [-0.05, 0) is 32.7 Å². The SMILES string of the molecule is CNC1(C(N)=O)CCC(N2CCC(N3CCOCC3)C2)C1. The van der Waals surface area contributed by atoms with Gasteiger partial charge < -0.3 is 15.8 Å². The zero-order valence-corrected chi connectivity index (χ0v) is 13.0. The Balaban J connectivity index is 1.56. The molecule has 6 heteroatoms. The van der Waals surface area contributed by atoms with E-state index in [-0.39, 0.29) is 5.91 Å². The van der Waals surface area contributed by atoms with Gasteiger partial charge in [0.1, 0.15) is 0 Å². The molecule has 0 spiro atoms. The molecule has 2 aliphatic heterocycles. The van der Waals surface area contributed by atoms with Crippen molar-refractivity contribution in [3.05, 3.63) is 0 Å². The van der Waals surface area contributed by atoms with Crippen LogP contribution >= 0.6 is 0 Å². The maximum atomic E-state index is 11.7. The van der Waals surface area contributed by atoms with Crippen LogP contribution in [0, 0.1) is 0 Å². The van der Waals surface area contributed by atoms with Crippen LogP contribution in [0.1, 0.15) is 25.7 Å². The summed E-state index contributed by atoms with van der Waals surface area (Å²) in [7, 11) is 1.85. The lowest BCUT2D eigenvalue weighted by Crippen LogP contribution is -2.53. The zero-order valence-electron chi connectivity index (χ0n) is 13.0. The Kier molecular flexibility index (Phi) is 4.49. The smallest absolute Gasteiger partial charge is 0.237 e. The lowest BCUT2D eigenvalue weighted by molar-refractivity contribution is -0.124. The van der Waals surface area contributed by atoms with Gasteiger partial charge in [-0.15, -0.1) is 0 Å². The number of rotatable bonds is 4. The molecule has 3 atom stereocenters. The van der Waals surface area contributed by atoms with Gasteiger partial charge in [0.25, 0.3) is 0 Å². The molecule has 21 heavy (non-hydrogen) atoms. The van der Waals surface area contributed by atoms with E-state index in [1.165, 1.54) is 6.42 Å². The fourth-order valence-electron chi connectivity index (χ4n) is 4.25. The molecule has 3 unspecified atom stereocenters. The summed E-state index contributed by atoms with van der Waals surface area (Å²) in [5.74, 6) is -0.198. The molecule has 3 fully saturated rings. The molecule has 2 heterocycles. The van der Waals surface area contributed by atoms with E-state index in [0.29, 0.717) is 12.1 Å². The van der Waals surface area contributed by atoms with E-state index in [4.69, 9.17) is 10.5 Å². The first-order valence-electron chi connectivity index (χ1n) is 8.19. The van der Waals surface area contributed by atoms with Crippen LogP contribution in [0.3, 0.4) is 0 Å². The maximum Gasteiger partial charge on any atom is 0.237 e. The monoisotopic (exact) mass is 296 g/mol. The summed E-state index contributed by atoms with van der Waals surface area (Å²) in [6, 6.07) is 1.16. The molecule has 0 radical (unpaired) electrons. The van der Waals surface area contributed by atoms with E-state index in [1.807, 2.05) is 7.05 Å². The van der Waals surface area contributed by atoms with Crippen LogP contribution in [0.15, 0.2) is 0 Å². The fourth-order valence-corrected chi connectivity index (χ4v) is 4.25. The van der Waals surface area contributed by atoms with Crippen molar-refractivity contribution >= 4 is 5.91 Å². The van der Waals surface area contributed by atoms with E-state index in [9.17, 15) is 4.79 Å². The summed E-state index contributed by atoms with van der Waals surface area (Å²) >= 11 is 0. The van der Waals surface area contributed by atoms with Gasteiger partial charge in [0.2, 0.25) is 5.91 Å². The van der Waals surface area contributed by atoms with Crippen LogP contribution in [0.2, 0.25) is 0 Å². The summed E-state index contributed by atoms with van der Waals surface area (Å²) in [5, 5.41) is 3.18. The molecule has 3 aliphatic rings. The molecule has 0 aromatic rings. The number of hydrogen-bond acceptors (Lipinski definition) is 5. The Morgan fingerprint density at radius 2 is 1.95 bits per heavy atom. The Labute approximate surface area is 127 Å². The average Bonchev–Trinajstić information content (AvgIpc) is 3.15. The minimum Gasteiger partial charge on any atom is -0.379 e. The Bertz CT molecular complexity index is 386. The van der Waals surface area contributed by atoms with Gasteiger partial charge in [-0.1, -0.05) is 0 Å². The topological polar surface area (TPSA) is 70.8 Å². The van der Waals surface area contributed by atoms with Crippen molar-refractivity contribution in [3.63, 3.8) is 0 Å². The lowest BCUT2D eigenvalue weighted by atomic mass is 9.96. The molecular formula is C15H28N4O2. The van der Waals surface area contributed by atoms with Gasteiger partial charge >= 0.3 is 0 Å². The second kappa shape index (κ2) is 6.20. The van der Waals surface area contributed by atoms with Crippen molar-refractivity contribution in [2.75, 3.05) is 46.4 Å². The number of likely N-dealkylation sites (tertiary alicyclic amines) is 1. The molecule has 0 bridgehead atoms. The summed E-state index contributed by atoms with van der Waals surface area (Å²) in [6.45, 7) is 6.12. The Morgan fingerprint density at radius 1 is 1.19 bits per heavy atom. The molecule has 3 N–H and O–H groups in total. The minimum atomic E-state index is -0.484. The van der Waals surface area contributed by atoms with Gasteiger partial charge in [-0.2, -0.15) is 0 Å².